The summed E-state index contributed by atoms with van der Waals surface area (Å²) in [7, 11) is 0. The Labute approximate surface area is 146 Å². The van der Waals surface area contributed by atoms with Crippen LogP contribution in [0.2, 0.25) is 10.0 Å². The van der Waals surface area contributed by atoms with Gasteiger partial charge in [-0.2, -0.15) is 0 Å². The van der Waals surface area contributed by atoms with Gasteiger partial charge in [-0.25, -0.2) is 0 Å². The summed E-state index contributed by atoms with van der Waals surface area (Å²) in [5.41, 5.74) is 0.450. The van der Waals surface area contributed by atoms with E-state index in [0.717, 1.165) is 16.0 Å². The molecule has 0 bridgehead atoms. The summed E-state index contributed by atoms with van der Waals surface area (Å²) >= 11 is 15.0. The Morgan fingerprint density at radius 3 is 2.73 bits per heavy atom. The molecule has 0 atom stereocenters. The number of carbonyl (C=O) groups excluding carboxylic acids is 1. The Hall–Kier alpha value is -1.02. The van der Waals surface area contributed by atoms with Crippen molar-refractivity contribution in [2.45, 2.75) is 17.7 Å². The molecule has 118 valence electrons. The van der Waals surface area contributed by atoms with Crippen LogP contribution in [0.5, 0.6) is 0 Å². The summed E-state index contributed by atoms with van der Waals surface area (Å²) in [6.45, 7) is 2.80. The molecule has 0 aliphatic carbocycles. The Kier molecular flexibility index (Phi) is 6.75. The van der Waals surface area contributed by atoms with Gasteiger partial charge in [0, 0.05) is 18.7 Å². The second-order valence-corrected chi connectivity index (χ2v) is 7.28. The first kappa shape index (κ1) is 17.3. The molecule has 0 saturated carbocycles. The summed E-state index contributed by atoms with van der Waals surface area (Å²) in [6.07, 6.45) is 0.336. The summed E-state index contributed by atoms with van der Waals surface area (Å²) in [6, 6.07) is 5.09. The number of hydrogen-bond acceptors (Lipinski definition) is 6. The second kappa shape index (κ2) is 8.57. The molecule has 2 aromatic rings. The van der Waals surface area contributed by atoms with Crippen molar-refractivity contribution in [1.29, 1.82) is 0 Å². The zero-order chi connectivity index (χ0) is 15.9. The van der Waals surface area contributed by atoms with Gasteiger partial charge in [0.1, 0.15) is 0 Å². The molecular weight excluding hydrogens is 363 g/mol. The normalized spacial score (nSPS) is 10.5. The number of nitrogens with one attached hydrogen (secondary N) is 2. The van der Waals surface area contributed by atoms with E-state index in [1.165, 1.54) is 23.1 Å². The van der Waals surface area contributed by atoms with Gasteiger partial charge in [-0.1, -0.05) is 52.4 Å². The van der Waals surface area contributed by atoms with E-state index in [1.54, 1.807) is 18.2 Å². The highest BCUT2D eigenvalue weighted by molar-refractivity contribution is 8.01. The molecule has 2 N–H and O–H groups in total. The Morgan fingerprint density at radius 2 is 2.05 bits per heavy atom. The highest BCUT2D eigenvalue weighted by Crippen LogP contribution is 2.30. The van der Waals surface area contributed by atoms with Gasteiger partial charge in [-0.3, -0.25) is 4.79 Å². The van der Waals surface area contributed by atoms with Crippen LogP contribution in [-0.4, -0.2) is 28.4 Å². The van der Waals surface area contributed by atoms with Gasteiger partial charge in [0.05, 0.1) is 15.7 Å². The Morgan fingerprint density at radius 1 is 1.32 bits per heavy atom. The van der Waals surface area contributed by atoms with E-state index in [4.69, 9.17) is 23.2 Å². The summed E-state index contributed by atoms with van der Waals surface area (Å²) in [5.74, 6) is 0.466. The second-order valence-electron chi connectivity index (χ2n) is 4.15. The molecular formula is C13H14Cl2N4OS2. The molecule has 0 spiro atoms. The van der Waals surface area contributed by atoms with Gasteiger partial charge in [0.25, 0.3) is 0 Å². The number of thioether (sulfide) groups is 1. The first-order chi connectivity index (χ1) is 10.6. The van der Waals surface area contributed by atoms with E-state index >= 15 is 0 Å². The highest BCUT2D eigenvalue weighted by atomic mass is 35.5. The van der Waals surface area contributed by atoms with Crippen molar-refractivity contribution >= 4 is 63.0 Å². The zero-order valence-corrected chi connectivity index (χ0v) is 14.9. The van der Waals surface area contributed by atoms with Crippen LogP contribution in [0.15, 0.2) is 22.5 Å². The van der Waals surface area contributed by atoms with Crippen molar-refractivity contribution < 1.29 is 4.79 Å². The molecule has 0 aliphatic rings. The first-order valence-corrected chi connectivity index (χ1v) is 9.10. The van der Waals surface area contributed by atoms with Crippen molar-refractivity contribution in [2.24, 2.45) is 0 Å². The maximum Gasteiger partial charge on any atom is 0.225 e. The molecule has 22 heavy (non-hydrogen) atoms. The fraction of sp³-hybridized carbons (Fsp3) is 0.308. The number of anilines is 2. The monoisotopic (exact) mass is 376 g/mol. The van der Waals surface area contributed by atoms with E-state index in [0.29, 0.717) is 27.9 Å². The molecule has 0 aliphatic heterocycles. The standard InChI is InChI=1S/C13H14Cl2N4OS2/c1-2-16-12-18-19-13(22-12)21-7-6-10(20)17-11-8(14)4-3-5-9(11)15/h3-5H,2,6-7H2,1H3,(H,16,18)(H,17,20). The van der Waals surface area contributed by atoms with E-state index in [1.807, 2.05) is 6.92 Å². The average Bonchev–Trinajstić information content (AvgIpc) is 2.91. The Bertz CT molecular complexity index is 630. The number of rotatable bonds is 7. The van der Waals surface area contributed by atoms with Crippen LogP contribution >= 0.6 is 46.3 Å². The van der Waals surface area contributed by atoms with Crippen molar-refractivity contribution in [2.75, 3.05) is 22.9 Å². The van der Waals surface area contributed by atoms with Gasteiger partial charge in [0.15, 0.2) is 4.34 Å². The van der Waals surface area contributed by atoms with Gasteiger partial charge in [-0.05, 0) is 19.1 Å². The topological polar surface area (TPSA) is 66.9 Å². The van der Waals surface area contributed by atoms with Crippen molar-refractivity contribution in [3.8, 4) is 0 Å². The predicted molar refractivity (Wildman–Crippen MR) is 94.5 cm³/mol. The van der Waals surface area contributed by atoms with E-state index in [-0.39, 0.29) is 5.91 Å². The van der Waals surface area contributed by atoms with Gasteiger partial charge in [-0.15, -0.1) is 10.2 Å². The quantitative estimate of drug-likeness (QED) is 0.701. The molecule has 1 amide bonds. The maximum absolute atomic E-state index is 11.9. The summed E-state index contributed by atoms with van der Waals surface area (Å²) < 4.78 is 0.833. The van der Waals surface area contributed by atoms with Crippen LogP contribution in [0, 0.1) is 0 Å². The van der Waals surface area contributed by atoms with E-state index in [2.05, 4.69) is 20.8 Å². The lowest BCUT2D eigenvalue weighted by Crippen LogP contribution is -2.12. The number of halogens is 2. The summed E-state index contributed by atoms with van der Waals surface area (Å²) in [5, 5.41) is 15.5. The minimum absolute atomic E-state index is 0.140. The minimum Gasteiger partial charge on any atom is -0.360 e. The number of benzene rings is 1. The third-order valence-electron chi connectivity index (χ3n) is 2.52. The molecule has 1 aromatic heterocycles. The highest BCUT2D eigenvalue weighted by Gasteiger charge is 2.10. The molecule has 1 heterocycles. The van der Waals surface area contributed by atoms with Crippen molar-refractivity contribution in [1.82, 2.24) is 10.2 Å². The van der Waals surface area contributed by atoms with Gasteiger partial charge < -0.3 is 10.6 Å². The third-order valence-corrected chi connectivity index (χ3v) is 5.16. The average molecular weight is 377 g/mol. The minimum atomic E-state index is -0.140. The fourth-order valence-corrected chi connectivity index (χ4v) is 3.86. The molecule has 2 rings (SSSR count). The van der Waals surface area contributed by atoms with E-state index < -0.39 is 0 Å². The van der Waals surface area contributed by atoms with E-state index in [9.17, 15) is 4.79 Å². The molecule has 0 fully saturated rings. The fourth-order valence-electron chi connectivity index (χ4n) is 1.54. The molecule has 5 nitrogen and oxygen atoms in total. The largest absolute Gasteiger partial charge is 0.360 e. The summed E-state index contributed by atoms with van der Waals surface area (Å²) in [4.78, 5) is 11.9. The number of hydrogen-bond donors (Lipinski definition) is 2. The van der Waals surface area contributed by atoms with Crippen LogP contribution in [0.1, 0.15) is 13.3 Å². The Balaban J connectivity index is 1.80. The van der Waals surface area contributed by atoms with Crippen LogP contribution in [-0.2, 0) is 4.79 Å². The number of nitrogens with zero attached hydrogens (tertiary/aromatic N) is 2. The number of carbonyl (C=O) groups is 1. The lowest BCUT2D eigenvalue weighted by molar-refractivity contribution is -0.115. The van der Waals surface area contributed by atoms with Crippen LogP contribution in [0.3, 0.4) is 0 Å². The van der Waals surface area contributed by atoms with Crippen molar-refractivity contribution in [3.63, 3.8) is 0 Å². The third kappa shape index (κ3) is 5.01. The number of aromatic nitrogens is 2. The first-order valence-electron chi connectivity index (χ1n) is 6.54. The van der Waals surface area contributed by atoms with Gasteiger partial charge >= 0.3 is 0 Å². The SMILES string of the molecule is CCNc1nnc(SCCC(=O)Nc2c(Cl)cccc2Cl)s1. The lowest BCUT2D eigenvalue weighted by atomic mass is 10.3. The zero-order valence-electron chi connectivity index (χ0n) is 11.7. The lowest BCUT2D eigenvalue weighted by Gasteiger charge is -2.08. The van der Waals surface area contributed by atoms with Crippen LogP contribution in [0.4, 0.5) is 10.8 Å². The van der Waals surface area contributed by atoms with Crippen molar-refractivity contribution in [3.05, 3.63) is 28.2 Å². The molecule has 1 aromatic carbocycles. The molecule has 9 heteroatoms. The number of para-hydroxylation sites is 1. The maximum atomic E-state index is 11.9. The molecule has 0 saturated heterocycles. The van der Waals surface area contributed by atoms with Crippen LogP contribution < -0.4 is 10.6 Å². The molecule has 0 radical (unpaired) electrons. The smallest absolute Gasteiger partial charge is 0.225 e. The van der Waals surface area contributed by atoms with Gasteiger partial charge in [0.2, 0.25) is 11.0 Å². The van der Waals surface area contributed by atoms with Crippen LogP contribution in [0.25, 0.3) is 0 Å². The molecule has 0 unspecified atom stereocenters. The predicted octanol–water partition coefficient (Wildman–Crippen LogP) is 4.40. The number of amides is 1.